The van der Waals surface area contributed by atoms with E-state index >= 15 is 0 Å². The summed E-state index contributed by atoms with van der Waals surface area (Å²) in [6, 6.07) is 7.34. The monoisotopic (exact) mass is 456 g/mol. The predicted molar refractivity (Wildman–Crippen MR) is 128 cm³/mol. The number of aromatic amines is 1. The Morgan fingerprint density at radius 1 is 1.12 bits per heavy atom. The fourth-order valence-electron chi connectivity index (χ4n) is 3.58. The Bertz CT molecular complexity index is 1150. The highest BCUT2D eigenvalue weighted by Gasteiger charge is 2.21. The first-order valence-electron chi connectivity index (χ1n) is 11.3. The Hall–Kier alpha value is -3.56. The van der Waals surface area contributed by atoms with Gasteiger partial charge in [-0.1, -0.05) is 38.3 Å². The normalized spacial score (nSPS) is 11.0. The number of nitrogens with zero attached hydrogens (tertiary/aromatic N) is 4. The van der Waals surface area contributed by atoms with Crippen LogP contribution >= 0.6 is 0 Å². The lowest BCUT2D eigenvalue weighted by Gasteiger charge is -2.24. The van der Waals surface area contributed by atoms with E-state index in [0.29, 0.717) is 24.8 Å². The number of methoxy groups -OCH3 is 1. The van der Waals surface area contributed by atoms with Gasteiger partial charge in [0.25, 0.3) is 5.56 Å². The van der Waals surface area contributed by atoms with Crippen LogP contribution in [0.4, 0.5) is 11.5 Å². The zero-order valence-electron chi connectivity index (χ0n) is 19.5. The van der Waals surface area contributed by atoms with Gasteiger partial charge in [0, 0.05) is 18.7 Å². The summed E-state index contributed by atoms with van der Waals surface area (Å²) in [5, 5.41) is 4.08. The summed E-state index contributed by atoms with van der Waals surface area (Å²) >= 11 is 0. The minimum absolute atomic E-state index is 0.156. The minimum Gasteiger partial charge on any atom is -0.497 e. The highest BCUT2D eigenvalue weighted by atomic mass is 16.5. The van der Waals surface area contributed by atoms with E-state index in [2.05, 4.69) is 22.0 Å². The molecule has 0 unspecified atom stereocenters. The molecule has 3 rings (SSSR count). The molecule has 0 aliphatic heterocycles. The average molecular weight is 457 g/mol. The second kappa shape index (κ2) is 11.3. The van der Waals surface area contributed by atoms with Crippen molar-refractivity contribution in [1.29, 1.82) is 0 Å². The van der Waals surface area contributed by atoms with E-state index in [1.807, 2.05) is 36.1 Å². The molecule has 178 valence electrons. The number of rotatable bonds is 12. The zero-order valence-corrected chi connectivity index (χ0v) is 19.5. The number of anilines is 2. The third-order valence-corrected chi connectivity index (χ3v) is 5.44. The molecule has 0 aliphatic carbocycles. The molecule has 0 saturated heterocycles. The van der Waals surface area contributed by atoms with Crippen LogP contribution in [0, 0.1) is 0 Å². The molecule has 0 bridgehead atoms. The Morgan fingerprint density at radius 2 is 1.85 bits per heavy atom. The Labute approximate surface area is 192 Å². The van der Waals surface area contributed by atoms with Crippen LogP contribution in [0.3, 0.4) is 0 Å². The van der Waals surface area contributed by atoms with E-state index < -0.39 is 11.2 Å². The molecule has 0 atom stereocenters. The Morgan fingerprint density at radius 3 is 2.52 bits per heavy atom. The summed E-state index contributed by atoms with van der Waals surface area (Å²) in [6.07, 6.45) is 4.54. The molecule has 33 heavy (non-hydrogen) atoms. The van der Waals surface area contributed by atoms with Crippen molar-refractivity contribution < 1.29 is 9.26 Å². The summed E-state index contributed by atoms with van der Waals surface area (Å²) in [5.41, 5.74) is 6.36. The average Bonchev–Trinajstić information content (AvgIpc) is 3.27. The SMILES string of the molecule is CCCCCN(Cc1nc(-c2ccc(OC)cc2)no1)c1c(N)n(CCCC)c(=O)[nH]c1=O. The van der Waals surface area contributed by atoms with Gasteiger partial charge in [-0.25, -0.2) is 4.79 Å². The standard InChI is InChI=1S/C23H32N6O4/c1-4-6-8-13-28(19-20(24)29(14-7-5-2)23(31)26-22(19)30)15-18-25-21(27-33-18)16-9-11-17(32-3)12-10-16/h9-12H,4-8,13-15,24H2,1-3H3,(H,26,30,31). The number of nitrogens with one attached hydrogen (secondary N) is 1. The van der Waals surface area contributed by atoms with Crippen LogP contribution in [0.15, 0.2) is 38.4 Å². The number of hydrogen-bond donors (Lipinski definition) is 2. The maximum absolute atomic E-state index is 12.8. The van der Waals surface area contributed by atoms with Crippen molar-refractivity contribution in [3.8, 4) is 17.1 Å². The summed E-state index contributed by atoms with van der Waals surface area (Å²) in [7, 11) is 1.60. The van der Waals surface area contributed by atoms with Gasteiger partial charge in [-0.15, -0.1) is 0 Å². The summed E-state index contributed by atoms with van der Waals surface area (Å²) in [5.74, 6) is 1.68. The van der Waals surface area contributed by atoms with Crippen LogP contribution in [0.1, 0.15) is 51.8 Å². The van der Waals surface area contributed by atoms with E-state index in [0.717, 1.165) is 43.4 Å². The highest BCUT2D eigenvalue weighted by molar-refractivity contribution is 5.62. The van der Waals surface area contributed by atoms with Crippen LogP contribution < -0.4 is 26.6 Å². The van der Waals surface area contributed by atoms with Gasteiger partial charge in [-0.2, -0.15) is 4.98 Å². The third-order valence-electron chi connectivity index (χ3n) is 5.44. The van der Waals surface area contributed by atoms with E-state index in [1.165, 1.54) is 4.57 Å². The number of benzene rings is 1. The van der Waals surface area contributed by atoms with Crippen LogP contribution in [-0.4, -0.2) is 33.3 Å². The molecule has 0 amide bonds. The maximum atomic E-state index is 12.8. The van der Waals surface area contributed by atoms with Gasteiger partial charge in [-0.3, -0.25) is 14.3 Å². The van der Waals surface area contributed by atoms with Crippen LogP contribution in [0.25, 0.3) is 11.4 Å². The quantitative estimate of drug-likeness (QED) is 0.397. The number of nitrogens with two attached hydrogens (primary N) is 1. The lowest BCUT2D eigenvalue weighted by atomic mass is 10.2. The molecule has 0 aliphatic rings. The fourth-order valence-corrected chi connectivity index (χ4v) is 3.58. The predicted octanol–water partition coefficient (Wildman–Crippen LogP) is 3.17. The smallest absolute Gasteiger partial charge is 0.330 e. The largest absolute Gasteiger partial charge is 0.497 e. The van der Waals surface area contributed by atoms with Crippen molar-refractivity contribution in [2.45, 2.75) is 59.0 Å². The van der Waals surface area contributed by atoms with Crippen LogP contribution in [0.5, 0.6) is 5.75 Å². The van der Waals surface area contributed by atoms with Gasteiger partial charge in [0.2, 0.25) is 11.7 Å². The number of aromatic nitrogens is 4. The topological polar surface area (TPSA) is 132 Å². The molecule has 0 spiro atoms. The van der Waals surface area contributed by atoms with E-state index in [1.54, 1.807) is 7.11 Å². The van der Waals surface area contributed by atoms with Gasteiger partial charge in [0.05, 0.1) is 13.7 Å². The molecule has 3 N–H and O–H groups in total. The first-order chi connectivity index (χ1) is 16.0. The van der Waals surface area contributed by atoms with Gasteiger partial charge in [0.1, 0.15) is 17.3 Å². The minimum atomic E-state index is -0.517. The molecular weight excluding hydrogens is 424 g/mol. The molecular formula is C23H32N6O4. The lowest BCUT2D eigenvalue weighted by molar-refractivity contribution is 0.375. The first-order valence-corrected chi connectivity index (χ1v) is 11.3. The van der Waals surface area contributed by atoms with Crippen molar-refractivity contribution in [2.75, 3.05) is 24.3 Å². The molecule has 10 nitrogen and oxygen atoms in total. The van der Waals surface area contributed by atoms with E-state index in [-0.39, 0.29) is 18.1 Å². The highest BCUT2D eigenvalue weighted by Crippen LogP contribution is 2.23. The number of hydrogen-bond acceptors (Lipinski definition) is 8. The molecule has 2 heterocycles. The zero-order chi connectivity index (χ0) is 23.8. The van der Waals surface area contributed by atoms with Gasteiger partial charge >= 0.3 is 5.69 Å². The lowest BCUT2D eigenvalue weighted by Crippen LogP contribution is -2.38. The molecule has 0 fully saturated rings. The van der Waals surface area contributed by atoms with Gasteiger partial charge in [-0.05, 0) is 37.1 Å². The fraction of sp³-hybridized carbons (Fsp3) is 0.478. The number of H-pyrrole nitrogens is 1. The molecule has 2 aromatic heterocycles. The number of nitrogen functional groups attached to an aromatic ring is 1. The second-order valence-corrected chi connectivity index (χ2v) is 7.87. The van der Waals surface area contributed by atoms with Crippen molar-refractivity contribution in [3.05, 3.63) is 51.0 Å². The van der Waals surface area contributed by atoms with E-state index in [9.17, 15) is 9.59 Å². The molecule has 0 saturated carbocycles. The second-order valence-electron chi connectivity index (χ2n) is 7.87. The summed E-state index contributed by atoms with van der Waals surface area (Å²) in [4.78, 5) is 33.8. The molecule has 3 aromatic rings. The van der Waals surface area contributed by atoms with Crippen molar-refractivity contribution in [3.63, 3.8) is 0 Å². The summed E-state index contributed by atoms with van der Waals surface area (Å²) in [6.45, 7) is 5.34. The van der Waals surface area contributed by atoms with Crippen molar-refractivity contribution in [2.24, 2.45) is 0 Å². The van der Waals surface area contributed by atoms with Crippen molar-refractivity contribution >= 4 is 11.5 Å². The van der Waals surface area contributed by atoms with Crippen molar-refractivity contribution in [1.82, 2.24) is 19.7 Å². The molecule has 10 heteroatoms. The Kier molecular flexibility index (Phi) is 8.28. The third kappa shape index (κ3) is 5.82. The number of unbranched alkanes of at least 4 members (excludes halogenated alkanes) is 3. The summed E-state index contributed by atoms with van der Waals surface area (Å²) < 4.78 is 12.1. The first kappa shape index (κ1) is 24.1. The number of ether oxygens (including phenoxy) is 1. The molecule has 0 radical (unpaired) electrons. The van der Waals surface area contributed by atoms with Gasteiger partial charge in [0.15, 0.2) is 0 Å². The maximum Gasteiger partial charge on any atom is 0.330 e. The molecule has 1 aromatic carbocycles. The van der Waals surface area contributed by atoms with Crippen LogP contribution in [0.2, 0.25) is 0 Å². The van der Waals surface area contributed by atoms with Gasteiger partial charge < -0.3 is 19.9 Å². The Balaban J connectivity index is 1.92. The van der Waals surface area contributed by atoms with E-state index in [4.69, 9.17) is 15.0 Å². The van der Waals surface area contributed by atoms with Crippen LogP contribution in [-0.2, 0) is 13.1 Å².